The Kier molecular flexibility index (Phi) is 8.85. The number of nitrogens with zero attached hydrogens (tertiary/aromatic N) is 2. The van der Waals surface area contributed by atoms with Crippen LogP contribution in [0.2, 0.25) is 0 Å². The van der Waals surface area contributed by atoms with Gasteiger partial charge in [-0.05, 0) is 187 Å². The Morgan fingerprint density at radius 2 is 1.00 bits per heavy atom. The van der Waals surface area contributed by atoms with Crippen molar-refractivity contribution in [2.24, 2.45) is 0 Å². The molecule has 0 saturated heterocycles. The summed E-state index contributed by atoms with van der Waals surface area (Å²) in [7, 11) is 0. The lowest BCUT2D eigenvalue weighted by molar-refractivity contribution is 0.332. The Bertz CT molecular complexity index is 2850. The summed E-state index contributed by atoms with van der Waals surface area (Å²) < 4.78 is 1.42. The number of hydrogen-bond donors (Lipinski definition) is 0. The lowest BCUT2D eigenvalue weighted by Gasteiger charge is -2.45. The summed E-state index contributed by atoms with van der Waals surface area (Å²) in [5.74, 6) is 0. The van der Waals surface area contributed by atoms with Crippen molar-refractivity contribution in [3.8, 4) is 0 Å². The van der Waals surface area contributed by atoms with E-state index in [1.54, 1.807) is 5.56 Å². The lowest BCUT2D eigenvalue weighted by Crippen LogP contribution is -2.61. The minimum Gasteiger partial charge on any atom is -0.311 e. The Morgan fingerprint density at radius 1 is 0.500 bits per heavy atom. The first kappa shape index (κ1) is 41.7. The predicted molar refractivity (Wildman–Crippen MR) is 273 cm³/mol. The first-order valence-corrected chi connectivity index (χ1v) is 24.4. The molecule has 0 spiro atoms. The zero-order valence-electron chi connectivity index (χ0n) is 40.7. The van der Waals surface area contributed by atoms with Crippen LogP contribution in [0.4, 0.5) is 33.4 Å². The van der Waals surface area contributed by atoms with Crippen LogP contribution in [0, 0.1) is 13.8 Å². The van der Waals surface area contributed by atoms with Gasteiger partial charge in [-0.25, -0.2) is 0 Å². The molecule has 0 unspecified atom stereocenters. The van der Waals surface area contributed by atoms with Crippen molar-refractivity contribution in [2.45, 2.75) is 169 Å². The molecule has 3 heterocycles. The molecule has 5 aromatic carbocycles. The Balaban J connectivity index is 1.34. The molecule has 0 radical (unpaired) electrons. The molecule has 2 nitrogen and oxygen atoms in total. The second-order valence-corrected chi connectivity index (χ2v) is 25.6. The SMILES string of the molecule is Cc1cc2c3c(c1)N(c1cc4c(cc1C)C(C)(C)CCC4(C)C)c1sc4cc5c(cc4c1B3c1cc(C(C)(C)C)ccc1N2c1ccc(C(C)(C)C)cc1)C(C)(C)CCC5(C)C. The zero-order chi connectivity index (χ0) is 44.4. The largest absolute Gasteiger partial charge is 0.311 e. The lowest BCUT2D eigenvalue weighted by atomic mass is 9.33. The van der Waals surface area contributed by atoms with Crippen LogP contribution in [0.1, 0.15) is 167 Å². The van der Waals surface area contributed by atoms with Gasteiger partial charge in [-0.3, -0.25) is 0 Å². The van der Waals surface area contributed by atoms with Gasteiger partial charge in [-0.15, -0.1) is 11.3 Å². The highest BCUT2D eigenvalue weighted by molar-refractivity contribution is 7.26. The van der Waals surface area contributed by atoms with Crippen molar-refractivity contribution < 1.29 is 0 Å². The number of rotatable bonds is 2. The van der Waals surface area contributed by atoms with Gasteiger partial charge in [0.15, 0.2) is 0 Å². The Morgan fingerprint density at radius 3 is 1.56 bits per heavy atom. The molecular weight excluding hydrogens is 768 g/mol. The van der Waals surface area contributed by atoms with Gasteiger partial charge in [0.05, 0.1) is 10.7 Å². The van der Waals surface area contributed by atoms with E-state index in [4.69, 9.17) is 0 Å². The molecule has 320 valence electrons. The molecule has 0 N–H and O–H groups in total. The topological polar surface area (TPSA) is 6.48 Å². The minimum absolute atomic E-state index is 0.000346. The van der Waals surface area contributed by atoms with Crippen LogP contribution in [-0.2, 0) is 32.5 Å². The summed E-state index contributed by atoms with van der Waals surface area (Å²) in [5.41, 5.74) is 22.8. The van der Waals surface area contributed by atoms with E-state index in [1.807, 2.05) is 11.3 Å². The van der Waals surface area contributed by atoms with E-state index in [2.05, 4.69) is 199 Å². The standard InChI is InChI=1S/C58H69BN2S/c1-34-27-47-51-48(28-34)61(46-32-42-40(29-35(46)2)55(9,10)23-25-57(42,13)14)52-50(39-31-41-43(33-49(39)62-52)58(15,16)26-24-56(41,11)12)59(51)44-30-37(54(6,7)8)19-22-45(44)60(47)38-20-17-36(18-21-38)53(3,4)5/h17-22,27-33H,23-26H2,1-16H3. The fourth-order valence-corrected chi connectivity index (χ4v) is 13.1. The van der Waals surface area contributed by atoms with E-state index in [0.717, 1.165) is 0 Å². The molecular formula is C58H69BN2S. The van der Waals surface area contributed by atoms with Crippen LogP contribution in [0.25, 0.3) is 10.1 Å². The second-order valence-electron chi connectivity index (χ2n) is 24.6. The van der Waals surface area contributed by atoms with Crippen LogP contribution in [-0.4, -0.2) is 6.71 Å². The van der Waals surface area contributed by atoms with Gasteiger partial charge in [0.1, 0.15) is 0 Å². The molecule has 4 aliphatic rings. The molecule has 0 bridgehead atoms. The van der Waals surface area contributed by atoms with E-state index < -0.39 is 0 Å². The van der Waals surface area contributed by atoms with E-state index in [1.165, 1.54) is 125 Å². The summed E-state index contributed by atoms with van der Waals surface area (Å²) in [6, 6.07) is 32.4. The van der Waals surface area contributed by atoms with Crippen LogP contribution in [0.5, 0.6) is 0 Å². The monoisotopic (exact) mass is 837 g/mol. The number of aryl methyl sites for hydroxylation is 2. The average Bonchev–Trinajstić information content (AvgIpc) is 3.55. The maximum absolute atomic E-state index is 2.74. The van der Waals surface area contributed by atoms with Crippen molar-refractivity contribution in [1.82, 2.24) is 0 Å². The van der Waals surface area contributed by atoms with Crippen molar-refractivity contribution >= 4 is 78.0 Å². The minimum atomic E-state index is 0.000346. The highest BCUT2D eigenvalue weighted by atomic mass is 32.1. The summed E-state index contributed by atoms with van der Waals surface area (Å²) in [5, 5.41) is 2.83. The zero-order valence-corrected chi connectivity index (χ0v) is 41.5. The van der Waals surface area contributed by atoms with Crippen LogP contribution in [0.3, 0.4) is 0 Å². The molecule has 10 rings (SSSR count). The van der Waals surface area contributed by atoms with Gasteiger partial charge in [0.25, 0.3) is 6.71 Å². The summed E-state index contributed by atoms with van der Waals surface area (Å²) in [4.78, 5) is 5.34. The fraction of sp³-hybridized carbons (Fsp3) is 0.448. The van der Waals surface area contributed by atoms with E-state index in [9.17, 15) is 0 Å². The number of anilines is 6. The summed E-state index contributed by atoms with van der Waals surface area (Å²) in [6.07, 6.45) is 4.82. The van der Waals surface area contributed by atoms with E-state index in [-0.39, 0.29) is 39.2 Å². The third-order valence-corrected chi connectivity index (χ3v) is 17.2. The number of benzene rings is 5. The summed E-state index contributed by atoms with van der Waals surface area (Å²) >= 11 is 2.04. The molecule has 0 fully saturated rings. The van der Waals surface area contributed by atoms with Gasteiger partial charge in [-0.2, -0.15) is 0 Å². The van der Waals surface area contributed by atoms with Gasteiger partial charge in [0.2, 0.25) is 0 Å². The first-order chi connectivity index (χ1) is 28.8. The van der Waals surface area contributed by atoms with Gasteiger partial charge >= 0.3 is 0 Å². The number of hydrogen-bond acceptors (Lipinski definition) is 3. The predicted octanol–water partition coefficient (Wildman–Crippen LogP) is 14.9. The molecule has 62 heavy (non-hydrogen) atoms. The van der Waals surface area contributed by atoms with E-state index in [0.29, 0.717) is 0 Å². The summed E-state index contributed by atoms with van der Waals surface area (Å²) in [6.45, 7) is 38.6. The molecule has 4 heteroatoms. The Hall–Kier alpha value is -4.28. The van der Waals surface area contributed by atoms with Crippen molar-refractivity contribution in [3.05, 3.63) is 123 Å². The van der Waals surface area contributed by atoms with Crippen LogP contribution in [0.15, 0.2) is 78.9 Å². The average molecular weight is 837 g/mol. The van der Waals surface area contributed by atoms with Crippen LogP contribution >= 0.6 is 11.3 Å². The first-order valence-electron chi connectivity index (χ1n) is 23.6. The maximum atomic E-state index is 2.74. The second kappa shape index (κ2) is 13.2. The Labute approximate surface area is 378 Å². The molecule has 2 aliphatic carbocycles. The number of thiophene rings is 1. The molecule has 0 saturated carbocycles. The quantitative estimate of drug-likeness (QED) is 0.160. The van der Waals surface area contributed by atoms with Gasteiger partial charge in [-0.1, -0.05) is 127 Å². The van der Waals surface area contributed by atoms with Crippen molar-refractivity contribution in [1.29, 1.82) is 0 Å². The molecule has 0 atom stereocenters. The maximum Gasteiger partial charge on any atom is 0.254 e. The highest BCUT2D eigenvalue weighted by Crippen LogP contribution is 2.54. The molecule has 1 aromatic heterocycles. The third kappa shape index (κ3) is 6.15. The van der Waals surface area contributed by atoms with Crippen LogP contribution < -0.4 is 26.2 Å². The van der Waals surface area contributed by atoms with Crippen molar-refractivity contribution in [3.63, 3.8) is 0 Å². The highest BCUT2D eigenvalue weighted by Gasteiger charge is 2.48. The third-order valence-electron chi connectivity index (χ3n) is 16.1. The van der Waals surface area contributed by atoms with Gasteiger partial charge in [0, 0.05) is 27.4 Å². The molecule has 6 aromatic rings. The fourth-order valence-electron chi connectivity index (χ4n) is 11.8. The molecule has 2 aliphatic heterocycles. The van der Waals surface area contributed by atoms with Gasteiger partial charge < -0.3 is 9.80 Å². The molecule has 0 amide bonds. The normalized spacial score (nSPS) is 19.1. The smallest absolute Gasteiger partial charge is 0.254 e. The van der Waals surface area contributed by atoms with E-state index >= 15 is 0 Å². The number of fused-ring (bicyclic) bond motifs is 8. The van der Waals surface area contributed by atoms with Crippen molar-refractivity contribution in [2.75, 3.05) is 9.80 Å².